The normalized spacial score (nSPS) is 20.9. The van der Waals surface area contributed by atoms with E-state index in [-0.39, 0.29) is 23.7 Å². The first-order chi connectivity index (χ1) is 8.86. The zero-order valence-electron chi connectivity index (χ0n) is 10.1. The Bertz CT molecular complexity index is 571. The van der Waals surface area contributed by atoms with Gasteiger partial charge >= 0.3 is 0 Å². The van der Waals surface area contributed by atoms with Crippen LogP contribution in [0.5, 0.6) is 0 Å². The minimum absolute atomic E-state index is 0.120. The lowest BCUT2D eigenvalue weighted by atomic mass is 10.3. The summed E-state index contributed by atoms with van der Waals surface area (Å²) in [6.45, 7) is 0.423. The van der Waals surface area contributed by atoms with Crippen molar-refractivity contribution < 1.29 is 21.9 Å². The third-order valence-electron chi connectivity index (χ3n) is 3.00. The average molecular weight is 356 g/mol. The number of rotatable bonds is 3. The Hall–Kier alpha value is -0.570. The number of ether oxygens (including phenoxy) is 1. The summed E-state index contributed by atoms with van der Waals surface area (Å²) in [5.41, 5.74) is 0. The van der Waals surface area contributed by atoms with Crippen molar-refractivity contribution in [1.29, 1.82) is 0 Å². The fourth-order valence-corrected chi connectivity index (χ4v) is 4.61. The Morgan fingerprint density at radius 1 is 1.42 bits per heavy atom. The second-order valence-corrected chi connectivity index (χ2v) is 6.94. The van der Waals surface area contributed by atoms with Crippen LogP contribution in [-0.2, 0) is 14.8 Å². The van der Waals surface area contributed by atoms with Crippen molar-refractivity contribution in [3.63, 3.8) is 0 Å². The molecule has 1 aliphatic rings. The summed E-state index contributed by atoms with van der Waals surface area (Å²) in [6.07, 6.45) is 0.355. The van der Waals surface area contributed by atoms with Gasteiger partial charge in [-0.05, 0) is 28.4 Å². The van der Waals surface area contributed by atoms with Gasteiger partial charge < -0.3 is 4.74 Å². The topological polar surface area (TPSA) is 46.6 Å². The van der Waals surface area contributed by atoms with Crippen LogP contribution in [0.4, 0.5) is 8.78 Å². The summed E-state index contributed by atoms with van der Waals surface area (Å²) >= 11 is 2.90. The smallest absolute Gasteiger partial charge is 0.247 e. The molecule has 0 bridgehead atoms. The summed E-state index contributed by atoms with van der Waals surface area (Å²) in [4.78, 5) is -0.536. The summed E-state index contributed by atoms with van der Waals surface area (Å²) in [5.74, 6) is -1.94. The number of halogens is 3. The van der Waals surface area contributed by atoms with E-state index in [0.29, 0.717) is 12.5 Å². The lowest BCUT2D eigenvalue weighted by molar-refractivity contribution is 0.115. The average Bonchev–Trinajstić information content (AvgIpc) is 2.75. The summed E-state index contributed by atoms with van der Waals surface area (Å²) < 4.78 is 57.5. The second kappa shape index (κ2) is 5.43. The van der Waals surface area contributed by atoms with Crippen LogP contribution in [0.15, 0.2) is 21.5 Å². The molecule has 1 atom stereocenters. The molecule has 1 unspecified atom stereocenters. The van der Waals surface area contributed by atoms with Crippen molar-refractivity contribution in [2.75, 3.05) is 20.2 Å². The Balaban J connectivity index is 2.41. The van der Waals surface area contributed by atoms with Crippen molar-refractivity contribution in [3.8, 4) is 0 Å². The summed E-state index contributed by atoms with van der Waals surface area (Å²) in [5, 5.41) is 0. The van der Waals surface area contributed by atoms with E-state index in [1.54, 1.807) is 0 Å². The van der Waals surface area contributed by atoms with E-state index in [1.807, 2.05) is 0 Å². The van der Waals surface area contributed by atoms with Crippen LogP contribution in [0.1, 0.15) is 6.42 Å². The van der Waals surface area contributed by atoms with Crippen LogP contribution in [0.3, 0.4) is 0 Å². The molecular formula is C11H12BrF2NO3S. The van der Waals surface area contributed by atoms with Crippen molar-refractivity contribution >= 4 is 26.0 Å². The predicted octanol–water partition coefficient (Wildman–Crippen LogP) is 2.14. The first kappa shape index (κ1) is 14.8. The molecule has 0 aliphatic carbocycles. The molecule has 1 saturated heterocycles. The third kappa shape index (κ3) is 2.81. The van der Waals surface area contributed by atoms with E-state index in [1.165, 1.54) is 7.11 Å². The molecule has 19 heavy (non-hydrogen) atoms. The molecule has 8 heteroatoms. The van der Waals surface area contributed by atoms with Gasteiger partial charge in [-0.25, -0.2) is 17.2 Å². The molecular weight excluding hydrogens is 344 g/mol. The largest absolute Gasteiger partial charge is 0.380 e. The Kier molecular flexibility index (Phi) is 4.24. The molecule has 4 nitrogen and oxygen atoms in total. The Morgan fingerprint density at radius 3 is 2.63 bits per heavy atom. The van der Waals surface area contributed by atoms with Crippen LogP contribution in [0.2, 0.25) is 0 Å². The van der Waals surface area contributed by atoms with Gasteiger partial charge in [-0.15, -0.1) is 0 Å². The van der Waals surface area contributed by atoms with Gasteiger partial charge in [0.25, 0.3) is 0 Å². The lowest BCUT2D eigenvalue weighted by Gasteiger charge is -2.17. The first-order valence-electron chi connectivity index (χ1n) is 5.53. The van der Waals surface area contributed by atoms with E-state index >= 15 is 0 Å². The fourth-order valence-electron chi connectivity index (χ4n) is 2.01. The van der Waals surface area contributed by atoms with Crippen molar-refractivity contribution in [3.05, 3.63) is 28.2 Å². The molecule has 106 valence electrons. The maximum Gasteiger partial charge on any atom is 0.247 e. The van der Waals surface area contributed by atoms with Gasteiger partial charge in [0.2, 0.25) is 10.0 Å². The van der Waals surface area contributed by atoms with E-state index in [4.69, 9.17) is 4.74 Å². The highest BCUT2D eigenvalue weighted by molar-refractivity contribution is 9.10. The predicted molar refractivity (Wildman–Crippen MR) is 68.2 cm³/mol. The molecule has 1 aliphatic heterocycles. The molecule has 1 heterocycles. The van der Waals surface area contributed by atoms with Gasteiger partial charge in [-0.2, -0.15) is 4.31 Å². The lowest BCUT2D eigenvalue weighted by Crippen LogP contribution is -2.31. The fraction of sp³-hybridized carbons (Fsp3) is 0.455. The van der Waals surface area contributed by atoms with Crippen LogP contribution in [-0.4, -0.2) is 39.0 Å². The summed E-state index contributed by atoms with van der Waals surface area (Å²) in [6, 6.07) is 1.49. The van der Waals surface area contributed by atoms with Crippen LogP contribution in [0.25, 0.3) is 0 Å². The zero-order chi connectivity index (χ0) is 14.2. The highest BCUT2D eigenvalue weighted by Gasteiger charge is 2.35. The molecule has 0 saturated carbocycles. The van der Waals surface area contributed by atoms with Crippen molar-refractivity contribution in [2.24, 2.45) is 0 Å². The number of hydrogen-bond acceptors (Lipinski definition) is 3. The number of benzene rings is 1. The quantitative estimate of drug-likeness (QED) is 0.834. The van der Waals surface area contributed by atoms with Gasteiger partial charge in [0.05, 0.1) is 6.10 Å². The maximum atomic E-state index is 13.7. The van der Waals surface area contributed by atoms with E-state index in [2.05, 4.69) is 15.9 Å². The molecule has 0 aromatic heterocycles. The number of methoxy groups -OCH3 is 1. The number of sulfonamides is 1. The van der Waals surface area contributed by atoms with Crippen LogP contribution >= 0.6 is 15.9 Å². The van der Waals surface area contributed by atoms with E-state index < -0.39 is 26.6 Å². The van der Waals surface area contributed by atoms with Gasteiger partial charge in [0.15, 0.2) is 0 Å². The van der Waals surface area contributed by atoms with Gasteiger partial charge in [0, 0.05) is 30.7 Å². The molecule has 1 fully saturated rings. The third-order valence-corrected chi connectivity index (χ3v) is 5.83. The highest BCUT2D eigenvalue weighted by Crippen LogP contribution is 2.30. The standard InChI is InChI=1S/C11H12BrF2NO3S/c1-18-8-2-3-15(6-8)19(16,17)11-9(12)4-7(13)5-10(11)14/h4-5,8H,2-3,6H2,1H3. The highest BCUT2D eigenvalue weighted by atomic mass is 79.9. The van der Waals surface area contributed by atoms with E-state index in [9.17, 15) is 17.2 Å². The van der Waals surface area contributed by atoms with Crippen molar-refractivity contribution in [2.45, 2.75) is 17.4 Å². The number of nitrogens with zero attached hydrogens (tertiary/aromatic N) is 1. The van der Waals surface area contributed by atoms with Gasteiger partial charge in [-0.3, -0.25) is 0 Å². The molecule has 0 N–H and O–H groups in total. The van der Waals surface area contributed by atoms with Crippen LogP contribution < -0.4 is 0 Å². The first-order valence-corrected chi connectivity index (χ1v) is 7.77. The monoisotopic (exact) mass is 355 g/mol. The number of hydrogen-bond donors (Lipinski definition) is 0. The van der Waals surface area contributed by atoms with E-state index in [0.717, 1.165) is 10.4 Å². The Morgan fingerprint density at radius 2 is 2.11 bits per heavy atom. The van der Waals surface area contributed by atoms with Gasteiger partial charge in [-0.1, -0.05) is 0 Å². The molecule has 0 spiro atoms. The minimum Gasteiger partial charge on any atom is -0.380 e. The van der Waals surface area contributed by atoms with Crippen LogP contribution in [0, 0.1) is 11.6 Å². The molecule has 0 radical (unpaired) electrons. The zero-order valence-corrected chi connectivity index (χ0v) is 12.5. The SMILES string of the molecule is COC1CCN(S(=O)(=O)c2c(F)cc(F)cc2Br)C1. The molecule has 2 rings (SSSR count). The molecule has 0 amide bonds. The van der Waals surface area contributed by atoms with Gasteiger partial charge in [0.1, 0.15) is 16.5 Å². The summed E-state index contributed by atoms with van der Waals surface area (Å²) in [7, 11) is -2.50. The minimum atomic E-state index is -4.00. The van der Waals surface area contributed by atoms with Crippen molar-refractivity contribution in [1.82, 2.24) is 4.31 Å². The molecule has 1 aromatic rings. The Labute approximate surface area is 118 Å². The second-order valence-electron chi connectivity index (χ2n) is 4.21. The molecule has 1 aromatic carbocycles. The maximum absolute atomic E-state index is 13.7.